The van der Waals surface area contributed by atoms with E-state index in [2.05, 4.69) is 46.4 Å². The van der Waals surface area contributed by atoms with Crippen molar-refractivity contribution in [2.45, 2.75) is 32.4 Å². The molecular formula is C23H28N4O3. The molecule has 3 rings (SSSR count). The monoisotopic (exact) mass is 408 g/mol. The maximum absolute atomic E-state index is 12.5. The number of hydrogen-bond donors (Lipinski definition) is 2. The van der Waals surface area contributed by atoms with Crippen LogP contribution in [0.4, 0.5) is 0 Å². The highest BCUT2D eigenvalue weighted by atomic mass is 16.2. The van der Waals surface area contributed by atoms with Crippen molar-refractivity contribution in [1.82, 2.24) is 19.8 Å². The van der Waals surface area contributed by atoms with E-state index in [1.54, 1.807) is 24.3 Å². The number of nitrogens with zero attached hydrogens (tertiary/aromatic N) is 2. The standard InChI is InChI=1S/C23H28N4O3/c1-4-16-9-11-17(12-10-16)20(26(2)3)15-24-21(28)13-14-27-19-8-6-5-7-18(19)22(29)25-23(27)30/h5-12,20H,4,13-15H2,1-3H3,(H,24,28)(H,25,29,30). The second-order valence-electron chi connectivity index (χ2n) is 7.56. The quantitative estimate of drug-likeness (QED) is 0.597. The van der Waals surface area contributed by atoms with Gasteiger partial charge in [0.2, 0.25) is 5.91 Å². The largest absolute Gasteiger partial charge is 0.354 e. The summed E-state index contributed by atoms with van der Waals surface area (Å²) < 4.78 is 1.43. The van der Waals surface area contributed by atoms with Gasteiger partial charge in [0.15, 0.2) is 0 Å². The molecular weight excluding hydrogens is 380 g/mol. The molecule has 30 heavy (non-hydrogen) atoms. The normalized spacial score (nSPS) is 12.3. The number of likely N-dealkylation sites (N-methyl/N-ethyl adjacent to an activating group) is 1. The van der Waals surface area contributed by atoms with E-state index < -0.39 is 11.2 Å². The first-order chi connectivity index (χ1) is 14.4. The minimum Gasteiger partial charge on any atom is -0.354 e. The zero-order valence-electron chi connectivity index (χ0n) is 17.6. The first kappa shape index (κ1) is 21.5. The molecule has 0 aliphatic heterocycles. The van der Waals surface area contributed by atoms with Crippen molar-refractivity contribution in [1.29, 1.82) is 0 Å². The van der Waals surface area contributed by atoms with Crippen LogP contribution in [0.15, 0.2) is 58.1 Å². The fraction of sp³-hybridized carbons (Fsp3) is 0.348. The molecule has 1 heterocycles. The predicted molar refractivity (Wildman–Crippen MR) is 119 cm³/mol. The Bertz CT molecular complexity index is 1130. The lowest BCUT2D eigenvalue weighted by Gasteiger charge is -2.25. The third-order valence-corrected chi connectivity index (χ3v) is 5.36. The molecule has 0 aliphatic rings. The molecule has 0 spiro atoms. The number of aromatic amines is 1. The van der Waals surface area contributed by atoms with E-state index in [4.69, 9.17) is 0 Å². The summed E-state index contributed by atoms with van der Waals surface area (Å²) in [6.07, 6.45) is 1.13. The highest BCUT2D eigenvalue weighted by Crippen LogP contribution is 2.18. The number of aryl methyl sites for hydroxylation is 2. The molecule has 1 atom stereocenters. The van der Waals surface area contributed by atoms with Crippen LogP contribution in [0.1, 0.15) is 30.5 Å². The molecule has 2 N–H and O–H groups in total. The summed E-state index contributed by atoms with van der Waals surface area (Å²) in [6.45, 7) is 2.79. The number of H-pyrrole nitrogens is 1. The van der Waals surface area contributed by atoms with Crippen molar-refractivity contribution >= 4 is 16.8 Å². The van der Waals surface area contributed by atoms with Gasteiger partial charge in [0.25, 0.3) is 5.56 Å². The van der Waals surface area contributed by atoms with E-state index in [-0.39, 0.29) is 24.9 Å². The number of fused-ring (bicyclic) bond motifs is 1. The molecule has 1 unspecified atom stereocenters. The Labute approximate surface area is 175 Å². The maximum atomic E-state index is 12.5. The van der Waals surface area contributed by atoms with Crippen LogP contribution in [-0.2, 0) is 17.8 Å². The van der Waals surface area contributed by atoms with Crippen molar-refractivity contribution in [2.75, 3.05) is 20.6 Å². The van der Waals surface area contributed by atoms with Crippen molar-refractivity contribution < 1.29 is 4.79 Å². The molecule has 0 saturated carbocycles. The van der Waals surface area contributed by atoms with Gasteiger partial charge < -0.3 is 10.2 Å². The number of para-hydroxylation sites is 1. The van der Waals surface area contributed by atoms with Gasteiger partial charge in [-0.2, -0.15) is 0 Å². The molecule has 0 bridgehead atoms. The van der Waals surface area contributed by atoms with E-state index in [0.717, 1.165) is 12.0 Å². The van der Waals surface area contributed by atoms with Crippen molar-refractivity contribution in [3.63, 3.8) is 0 Å². The first-order valence-electron chi connectivity index (χ1n) is 10.1. The Hall–Kier alpha value is -3.19. The highest BCUT2D eigenvalue weighted by molar-refractivity contribution is 5.78. The van der Waals surface area contributed by atoms with Crippen LogP contribution in [-0.4, -0.2) is 41.0 Å². The molecule has 3 aromatic rings. The molecule has 158 valence electrons. The molecule has 1 aromatic heterocycles. The van der Waals surface area contributed by atoms with Gasteiger partial charge in [-0.25, -0.2) is 4.79 Å². The molecule has 1 amide bonds. The summed E-state index contributed by atoms with van der Waals surface area (Å²) in [4.78, 5) is 41.0. The SMILES string of the molecule is CCc1ccc(C(CNC(=O)CCn2c(=O)[nH]c(=O)c3ccccc32)N(C)C)cc1. The summed E-state index contributed by atoms with van der Waals surface area (Å²) in [7, 11) is 3.97. The summed E-state index contributed by atoms with van der Waals surface area (Å²) in [5.41, 5.74) is 2.02. The van der Waals surface area contributed by atoms with Crippen LogP contribution in [0, 0.1) is 0 Å². The molecule has 2 aromatic carbocycles. The fourth-order valence-electron chi connectivity index (χ4n) is 3.55. The van der Waals surface area contributed by atoms with E-state index in [1.807, 2.05) is 14.1 Å². The van der Waals surface area contributed by atoms with Crippen LogP contribution in [0.5, 0.6) is 0 Å². The number of benzene rings is 2. The number of aromatic nitrogens is 2. The average Bonchev–Trinajstić information content (AvgIpc) is 2.74. The number of rotatable bonds is 8. The van der Waals surface area contributed by atoms with Crippen LogP contribution in [0.3, 0.4) is 0 Å². The van der Waals surface area contributed by atoms with E-state index in [0.29, 0.717) is 17.4 Å². The van der Waals surface area contributed by atoms with Crippen molar-refractivity contribution in [2.24, 2.45) is 0 Å². The molecule has 0 saturated heterocycles. The van der Waals surface area contributed by atoms with E-state index >= 15 is 0 Å². The topological polar surface area (TPSA) is 87.2 Å². The lowest BCUT2D eigenvalue weighted by atomic mass is 10.0. The lowest BCUT2D eigenvalue weighted by molar-refractivity contribution is -0.121. The van der Waals surface area contributed by atoms with Crippen molar-refractivity contribution in [3.8, 4) is 0 Å². The zero-order valence-corrected chi connectivity index (χ0v) is 17.6. The molecule has 0 fully saturated rings. The van der Waals surface area contributed by atoms with Gasteiger partial charge in [-0.15, -0.1) is 0 Å². The molecule has 7 nitrogen and oxygen atoms in total. The van der Waals surface area contributed by atoms with Gasteiger partial charge in [0.05, 0.1) is 16.9 Å². The summed E-state index contributed by atoms with van der Waals surface area (Å²) >= 11 is 0. The fourth-order valence-corrected chi connectivity index (χ4v) is 3.55. The Morgan fingerprint density at radius 3 is 2.47 bits per heavy atom. The molecule has 7 heteroatoms. The van der Waals surface area contributed by atoms with Gasteiger partial charge in [0.1, 0.15) is 0 Å². The van der Waals surface area contributed by atoms with Crippen LogP contribution in [0.25, 0.3) is 10.9 Å². The van der Waals surface area contributed by atoms with Gasteiger partial charge in [0, 0.05) is 19.5 Å². The first-order valence-corrected chi connectivity index (χ1v) is 10.1. The Morgan fingerprint density at radius 2 is 1.80 bits per heavy atom. The number of hydrogen-bond acceptors (Lipinski definition) is 4. The Kier molecular flexibility index (Phi) is 6.84. The van der Waals surface area contributed by atoms with Gasteiger partial charge in [-0.1, -0.05) is 43.3 Å². The second kappa shape index (κ2) is 9.54. The smallest absolute Gasteiger partial charge is 0.328 e. The lowest BCUT2D eigenvalue weighted by Crippen LogP contribution is -2.36. The third-order valence-electron chi connectivity index (χ3n) is 5.36. The van der Waals surface area contributed by atoms with E-state index in [1.165, 1.54) is 10.1 Å². The van der Waals surface area contributed by atoms with Crippen LogP contribution < -0.4 is 16.6 Å². The van der Waals surface area contributed by atoms with Crippen LogP contribution in [0.2, 0.25) is 0 Å². The Morgan fingerprint density at radius 1 is 1.10 bits per heavy atom. The van der Waals surface area contributed by atoms with E-state index in [9.17, 15) is 14.4 Å². The average molecular weight is 409 g/mol. The Balaban J connectivity index is 1.66. The summed E-state index contributed by atoms with van der Waals surface area (Å²) in [6, 6.07) is 15.4. The third kappa shape index (κ3) is 4.86. The number of carbonyl (C=O) groups excluding carboxylic acids is 1. The van der Waals surface area contributed by atoms with Gasteiger partial charge in [-0.3, -0.25) is 19.1 Å². The number of nitrogens with one attached hydrogen (secondary N) is 2. The maximum Gasteiger partial charge on any atom is 0.328 e. The van der Waals surface area contributed by atoms with Gasteiger partial charge in [-0.05, 0) is 43.8 Å². The summed E-state index contributed by atoms with van der Waals surface area (Å²) in [5, 5.41) is 3.40. The number of carbonyl (C=O) groups is 1. The number of amides is 1. The highest BCUT2D eigenvalue weighted by Gasteiger charge is 2.16. The molecule has 0 radical (unpaired) electrons. The zero-order chi connectivity index (χ0) is 21.7. The minimum absolute atomic E-state index is 0.0523. The predicted octanol–water partition coefficient (Wildman–Crippen LogP) is 2.06. The second-order valence-corrected chi connectivity index (χ2v) is 7.56. The minimum atomic E-state index is -0.506. The van der Waals surface area contributed by atoms with Crippen LogP contribution >= 0.6 is 0 Å². The van der Waals surface area contributed by atoms with Crippen molar-refractivity contribution in [3.05, 3.63) is 80.5 Å². The summed E-state index contributed by atoms with van der Waals surface area (Å²) in [5.74, 6) is -0.144. The van der Waals surface area contributed by atoms with Gasteiger partial charge >= 0.3 is 5.69 Å². The molecule has 0 aliphatic carbocycles.